The number of nitrogens with zero attached hydrogens (tertiary/aromatic N) is 1. The Morgan fingerprint density at radius 1 is 0.875 bits per heavy atom. The van der Waals surface area contributed by atoms with E-state index in [-0.39, 0.29) is 11.4 Å². The molecule has 0 heterocycles. The number of nitrogens with two attached hydrogens (primary N) is 1. The van der Waals surface area contributed by atoms with Gasteiger partial charge in [0.25, 0.3) is 0 Å². The van der Waals surface area contributed by atoms with E-state index in [0.717, 1.165) is 17.7 Å². The highest BCUT2D eigenvalue weighted by molar-refractivity contribution is 7.89. The molecule has 0 aromatic heterocycles. The van der Waals surface area contributed by atoms with Gasteiger partial charge in [0.1, 0.15) is 0 Å². The van der Waals surface area contributed by atoms with Gasteiger partial charge in [0.05, 0.1) is 10.5 Å². The number of benzene rings is 3. The first kappa shape index (κ1) is 23.8. The summed E-state index contributed by atoms with van der Waals surface area (Å²) < 4.78 is 63.1. The zero-order valence-corrected chi connectivity index (χ0v) is 18.6. The van der Waals surface area contributed by atoms with Crippen molar-refractivity contribution in [3.05, 3.63) is 95.1 Å². The quantitative estimate of drug-likeness (QED) is 0.491. The average Bonchev–Trinajstić information content (AvgIpc) is 2.73. The molecule has 0 radical (unpaired) electrons. The lowest BCUT2D eigenvalue weighted by atomic mass is 10.0. The molecule has 3 rings (SSSR count). The van der Waals surface area contributed by atoms with E-state index < -0.39 is 21.8 Å². The summed E-state index contributed by atoms with van der Waals surface area (Å²) in [7, 11) is -3.92. The van der Waals surface area contributed by atoms with Crippen LogP contribution >= 0.6 is 0 Å². The van der Waals surface area contributed by atoms with Crippen molar-refractivity contribution in [2.45, 2.75) is 43.9 Å². The Labute approximate surface area is 186 Å². The third-order valence-corrected chi connectivity index (χ3v) is 6.07. The molecule has 0 atom stereocenters. The van der Waals surface area contributed by atoms with E-state index in [1.807, 2.05) is 29.2 Å². The monoisotopic (exact) mass is 462 g/mol. The van der Waals surface area contributed by atoms with Crippen molar-refractivity contribution >= 4 is 15.7 Å². The second-order valence-corrected chi connectivity index (χ2v) is 9.55. The number of anilines is 1. The van der Waals surface area contributed by atoms with Gasteiger partial charge in [-0.05, 0) is 52.9 Å². The number of hydrogen-bond donors (Lipinski definition) is 1. The first-order valence-electron chi connectivity index (χ1n) is 10.1. The molecule has 0 aliphatic carbocycles. The van der Waals surface area contributed by atoms with Crippen molar-refractivity contribution in [1.29, 1.82) is 0 Å². The molecule has 3 aromatic carbocycles. The van der Waals surface area contributed by atoms with Crippen LogP contribution in [0, 0.1) is 0 Å². The lowest BCUT2D eigenvalue weighted by Gasteiger charge is -2.26. The molecule has 0 saturated heterocycles. The summed E-state index contributed by atoms with van der Waals surface area (Å²) in [5.41, 5.74) is 2.40. The maximum atomic E-state index is 13.2. The zero-order valence-electron chi connectivity index (χ0n) is 17.8. The van der Waals surface area contributed by atoms with Crippen molar-refractivity contribution in [2.75, 3.05) is 4.90 Å². The van der Waals surface area contributed by atoms with Crippen molar-refractivity contribution in [3.63, 3.8) is 0 Å². The van der Waals surface area contributed by atoms with Crippen LogP contribution in [0.4, 0.5) is 18.9 Å². The summed E-state index contributed by atoms with van der Waals surface area (Å²) >= 11 is 0. The zero-order chi connectivity index (χ0) is 23.5. The minimum atomic E-state index is -4.44. The third kappa shape index (κ3) is 6.11. The van der Waals surface area contributed by atoms with Gasteiger partial charge in [-0.25, -0.2) is 13.6 Å². The molecule has 32 heavy (non-hydrogen) atoms. The minimum Gasteiger partial charge on any atom is -0.363 e. The van der Waals surface area contributed by atoms with Gasteiger partial charge in [0.15, 0.2) is 0 Å². The van der Waals surface area contributed by atoms with Gasteiger partial charge in [0.2, 0.25) is 10.0 Å². The molecule has 8 heteroatoms. The fraction of sp³-hybridized carbons (Fsp3) is 0.250. The van der Waals surface area contributed by atoms with Gasteiger partial charge >= 0.3 is 6.18 Å². The maximum absolute atomic E-state index is 13.2. The Morgan fingerprint density at radius 2 is 1.50 bits per heavy atom. The second-order valence-electron chi connectivity index (χ2n) is 7.99. The molecule has 0 aliphatic rings. The van der Waals surface area contributed by atoms with E-state index in [0.29, 0.717) is 23.7 Å². The molecule has 0 amide bonds. The van der Waals surface area contributed by atoms with Crippen LogP contribution in [0.1, 0.15) is 42.0 Å². The van der Waals surface area contributed by atoms with Crippen LogP contribution in [0.15, 0.2) is 77.7 Å². The number of primary sulfonamides is 1. The largest absolute Gasteiger partial charge is 0.416 e. The average molecular weight is 463 g/mol. The van der Waals surface area contributed by atoms with Gasteiger partial charge in [0, 0.05) is 18.8 Å². The third-order valence-electron chi connectivity index (χ3n) is 5.16. The first-order valence-corrected chi connectivity index (χ1v) is 11.6. The van der Waals surface area contributed by atoms with E-state index in [1.165, 1.54) is 23.8 Å². The van der Waals surface area contributed by atoms with E-state index in [2.05, 4.69) is 13.8 Å². The van der Waals surface area contributed by atoms with Crippen molar-refractivity contribution < 1.29 is 21.6 Å². The van der Waals surface area contributed by atoms with Crippen molar-refractivity contribution in [2.24, 2.45) is 5.14 Å². The van der Waals surface area contributed by atoms with Gasteiger partial charge < -0.3 is 4.90 Å². The highest BCUT2D eigenvalue weighted by Gasteiger charge is 2.30. The van der Waals surface area contributed by atoms with Gasteiger partial charge in [-0.15, -0.1) is 0 Å². The van der Waals surface area contributed by atoms with E-state index >= 15 is 0 Å². The van der Waals surface area contributed by atoms with Gasteiger partial charge in [-0.3, -0.25) is 0 Å². The number of hydrogen-bond acceptors (Lipinski definition) is 3. The molecule has 2 N–H and O–H groups in total. The van der Waals surface area contributed by atoms with E-state index in [1.54, 1.807) is 18.2 Å². The molecule has 170 valence electrons. The van der Waals surface area contributed by atoms with Crippen LogP contribution in [0.3, 0.4) is 0 Å². The van der Waals surface area contributed by atoms with E-state index in [4.69, 9.17) is 5.14 Å². The summed E-state index contributed by atoms with van der Waals surface area (Å²) in [6.07, 6.45) is -4.44. The summed E-state index contributed by atoms with van der Waals surface area (Å²) in [5.74, 6) is 0.372. The predicted molar refractivity (Wildman–Crippen MR) is 120 cm³/mol. The predicted octanol–water partition coefficient (Wildman–Crippen LogP) is 5.68. The lowest BCUT2D eigenvalue weighted by Crippen LogP contribution is -2.23. The van der Waals surface area contributed by atoms with Crippen LogP contribution in [-0.2, 0) is 29.3 Å². The van der Waals surface area contributed by atoms with Crippen molar-refractivity contribution in [3.8, 4) is 0 Å². The SMILES string of the molecule is CC(C)c1ccc(CN(Cc2cccc(C(F)(F)F)c2)c2cccc(S(N)(=O)=O)c2)cc1. The van der Waals surface area contributed by atoms with Crippen LogP contribution in [-0.4, -0.2) is 8.42 Å². The standard InChI is InChI=1S/C24H25F3N2O2S/c1-17(2)20-11-9-18(10-12-20)15-29(22-7-4-8-23(14-22)32(28,30)31)16-19-5-3-6-21(13-19)24(25,26)27/h3-14,17H,15-16H2,1-2H3,(H2,28,30,31). The summed E-state index contributed by atoms with van der Waals surface area (Å²) in [4.78, 5) is 1.77. The Bertz CT molecular complexity index is 1170. The van der Waals surface area contributed by atoms with Gasteiger partial charge in [-0.2, -0.15) is 13.2 Å². The van der Waals surface area contributed by atoms with E-state index in [9.17, 15) is 21.6 Å². The Hall–Kier alpha value is -2.84. The molecule has 4 nitrogen and oxygen atoms in total. The summed E-state index contributed by atoms with van der Waals surface area (Å²) in [6, 6.07) is 19.2. The molecule has 0 fully saturated rings. The second kappa shape index (κ2) is 9.34. The fourth-order valence-electron chi connectivity index (χ4n) is 3.39. The smallest absolute Gasteiger partial charge is 0.363 e. The van der Waals surface area contributed by atoms with Crippen LogP contribution in [0.25, 0.3) is 0 Å². The topological polar surface area (TPSA) is 63.4 Å². The van der Waals surface area contributed by atoms with Crippen molar-refractivity contribution in [1.82, 2.24) is 0 Å². The molecular weight excluding hydrogens is 437 g/mol. The molecule has 0 spiro atoms. The Balaban J connectivity index is 1.98. The summed E-state index contributed by atoms with van der Waals surface area (Å²) in [6.45, 7) is 4.72. The Kier molecular flexibility index (Phi) is 6.95. The van der Waals surface area contributed by atoms with Crippen LogP contribution in [0.2, 0.25) is 0 Å². The number of rotatable bonds is 7. The van der Waals surface area contributed by atoms with Crippen LogP contribution in [0.5, 0.6) is 0 Å². The fourth-order valence-corrected chi connectivity index (χ4v) is 3.94. The summed E-state index contributed by atoms with van der Waals surface area (Å²) in [5, 5.41) is 5.27. The molecule has 0 bridgehead atoms. The lowest BCUT2D eigenvalue weighted by molar-refractivity contribution is -0.137. The minimum absolute atomic E-state index is 0.0563. The molecule has 0 aliphatic heterocycles. The normalized spacial score (nSPS) is 12.2. The van der Waals surface area contributed by atoms with Crippen LogP contribution < -0.4 is 10.0 Å². The highest BCUT2D eigenvalue weighted by atomic mass is 32.2. The maximum Gasteiger partial charge on any atom is 0.416 e. The first-order chi connectivity index (χ1) is 14.9. The molecule has 0 saturated carbocycles. The highest BCUT2D eigenvalue weighted by Crippen LogP contribution is 2.31. The van der Waals surface area contributed by atoms with Gasteiger partial charge in [-0.1, -0.05) is 56.3 Å². The number of halogens is 3. The molecular formula is C24H25F3N2O2S. The molecule has 0 unspecified atom stereocenters. The number of alkyl halides is 3. The molecule has 3 aromatic rings. The Morgan fingerprint density at radius 3 is 2.09 bits per heavy atom. The number of sulfonamides is 1.